The Kier molecular flexibility index (Phi) is 6.60. The molecule has 0 fully saturated rings. The normalized spacial score (nSPS) is 11.1. The van der Waals surface area contributed by atoms with Gasteiger partial charge in [0.25, 0.3) is 0 Å². The number of alkyl halides is 3. The summed E-state index contributed by atoms with van der Waals surface area (Å²) >= 11 is 0. The molecule has 0 unspecified atom stereocenters. The summed E-state index contributed by atoms with van der Waals surface area (Å²) in [6.07, 6.45) is -3.25. The van der Waals surface area contributed by atoms with Gasteiger partial charge in [-0.1, -0.05) is 31.2 Å². The first-order chi connectivity index (χ1) is 12.7. The van der Waals surface area contributed by atoms with Gasteiger partial charge in [-0.05, 0) is 42.2 Å². The van der Waals surface area contributed by atoms with Crippen molar-refractivity contribution in [3.05, 3.63) is 59.2 Å². The fraction of sp³-hybridized carbons (Fsp3) is 0.300. The molecule has 2 aromatic carbocycles. The summed E-state index contributed by atoms with van der Waals surface area (Å²) in [7, 11) is 0. The molecule has 2 amide bonds. The minimum Gasteiger partial charge on any atom is -0.326 e. The highest BCUT2D eigenvalue weighted by atomic mass is 19.4. The van der Waals surface area contributed by atoms with Crippen molar-refractivity contribution in [2.45, 2.75) is 39.3 Å². The van der Waals surface area contributed by atoms with Crippen LogP contribution in [0.5, 0.6) is 0 Å². The van der Waals surface area contributed by atoms with Crippen molar-refractivity contribution in [2.75, 3.05) is 10.6 Å². The van der Waals surface area contributed by atoms with Gasteiger partial charge in [-0.25, -0.2) is 0 Å². The Balaban J connectivity index is 2.07. The average Bonchev–Trinajstić information content (AvgIpc) is 2.60. The van der Waals surface area contributed by atoms with Crippen LogP contribution in [-0.2, 0) is 28.6 Å². The van der Waals surface area contributed by atoms with Crippen molar-refractivity contribution in [2.24, 2.45) is 0 Å². The smallest absolute Gasteiger partial charge is 0.326 e. The standard InChI is InChI=1S/C20H21F3N2O2/c1-3-14-4-6-15(7-5-14)8-11-19(27)25-18-10-9-16(24-13(2)26)12-17(18)20(21,22)23/h4-7,9-10,12H,3,8,11H2,1-2H3,(H,24,26)(H,25,27). The van der Waals surface area contributed by atoms with Crippen LogP contribution in [0.15, 0.2) is 42.5 Å². The van der Waals surface area contributed by atoms with Gasteiger partial charge in [0.1, 0.15) is 0 Å². The summed E-state index contributed by atoms with van der Waals surface area (Å²) < 4.78 is 39.8. The molecule has 2 aromatic rings. The first-order valence-corrected chi connectivity index (χ1v) is 8.55. The van der Waals surface area contributed by atoms with Crippen molar-refractivity contribution in [3.63, 3.8) is 0 Å². The molecule has 7 heteroatoms. The summed E-state index contributed by atoms with van der Waals surface area (Å²) in [4.78, 5) is 23.1. The second kappa shape index (κ2) is 8.70. The lowest BCUT2D eigenvalue weighted by Gasteiger charge is -2.15. The summed E-state index contributed by atoms with van der Waals surface area (Å²) in [5.74, 6) is -0.985. The molecule has 0 aliphatic carbocycles. The van der Waals surface area contributed by atoms with Gasteiger partial charge in [-0.2, -0.15) is 13.2 Å². The zero-order valence-electron chi connectivity index (χ0n) is 15.1. The third-order valence-corrected chi connectivity index (χ3v) is 3.99. The van der Waals surface area contributed by atoms with E-state index in [9.17, 15) is 22.8 Å². The number of hydrogen-bond donors (Lipinski definition) is 2. The van der Waals surface area contributed by atoms with E-state index in [2.05, 4.69) is 10.6 Å². The van der Waals surface area contributed by atoms with E-state index < -0.39 is 23.6 Å². The molecule has 0 atom stereocenters. The third kappa shape index (κ3) is 6.13. The summed E-state index contributed by atoms with van der Waals surface area (Å²) in [5, 5.41) is 4.62. The molecular weight excluding hydrogens is 357 g/mol. The van der Waals surface area contributed by atoms with E-state index in [-0.39, 0.29) is 17.8 Å². The molecular formula is C20H21F3N2O2. The topological polar surface area (TPSA) is 58.2 Å². The van der Waals surface area contributed by atoms with Gasteiger partial charge in [-0.15, -0.1) is 0 Å². The molecule has 2 N–H and O–H groups in total. The second-order valence-corrected chi connectivity index (χ2v) is 6.16. The fourth-order valence-electron chi connectivity index (χ4n) is 2.58. The molecule has 144 valence electrons. The number of carbonyl (C=O) groups is 2. The predicted octanol–water partition coefficient (Wildman–Crippen LogP) is 4.80. The van der Waals surface area contributed by atoms with Crippen LogP contribution in [-0.4, -0.2) is 11.8 Å². The number of benzene rings is 2. The number of hydrogen-bond acceptors (Lipinski definition) is 2. The van der Waals surface area contributed by atoms with Crippen LogP contribution in [0, 0.1) is 0 Å². The first kappa shape index (κ1) is 20.5. The SMILES string of the molecule is CCc1ccc(CCC(=O)Nc2ccc(NC(C)=O)cc2C(F)(F)F)cc1. The van der Waals surface area contributed by atoms with Crippen LogP contribution < -0.4 is 10.6 Å². The Bertz CT molecular complexity index is 815. The average molecular weight is 378 g/mol. The Morgan fingerprint density at radius 2 is 1.59 bits per heavy atom. The Morgan fingerprint density at radius 3 is 2.15 bits per heavy atom. The van der Waals surface area contributed by atoms with Crippen molar-refractivity contribution in [1.82, 2.24) is 0 Å². The van der Waals surface area contributed by atoms with E-state index in [1.165, 1.54) is 18.6 Å². The van der Waals surface area contributed by atoms with Gasteiger partial charge >= 0.3 is 6.18 Å². The lowest BCUT2D eigenvalue weighted by Crippen LogP contribution is -2.17. The van der Waals surface area contributed by atoms with Gasteiger partial charge in [0.15, 0.2) is 0 Å². The number of anilines is 2. The van der Waals surface area contributed by atoms with E-state index in [1.54, 1.807) is 0 Å². The monoisotopic (exact) mass is 378 g/mol. The predicted molar refractivity (Wildman–Crippen MR) is 98.5 cm³/mol. The van der Waals surface area contributed by atoms with E-state index in [0.717, 1.165) is 24.1 Å². The van der Waals surface area contributed by atoms with Crippen LogP contribution in [0.1, 0.15) is 37.0 Å². The van der Waals surface area contributed by atoms with Crippen LogP contribution in [0.3, 0.4) is 0 Å². The van der Waals surface area contributed by atoms with Gasteiger partial charge in [0.05, 0.1) is 11.3 Å². The highest BCUT2D eigenvalue weighted by Crippen LogP contribution is 2.36. The van der Waals surface area contributed by atoms with Crippen LogP contribution >= 0.6 is 0 Å². The van der Waals surface area contributed by atoms with E-state index in [0.29, 0.717) is 6.42 Å². The lowest BCUT2D eigenvalue weighted by molar-refractivity contribution is -0.137. The molecule has 0 aliphatic rings. The van der Waals surface area contributed by atoms with Crippen molar-refractivity contribution < 1.29 is 22.8 Å². The minimum absolute atomic E-state index is 0.0174. The number of rotatable bonds is 6. The largest absolute Gasteiger partial charge is 0.418 e. The molecule has 0 aromatic heterocycles. The quantitative estimate of drug-likeness (QED) is 0.759. The fourth-order valence-corrected chi connectivity index (χ4v) is 2.58. The molecule has 0 radical (unpaired) electrons. The molecule has 0 spiro atoms. The summed E-state index contributed by atoms with van der Waals surface area (Å²) in [5.41, 5.74) is 0.804. The maximum absolute atomic E-state index is 13.3. The van der Waals surface area contributed by atoms with Gasteiger partial charge in [0, 0.05) is 19.0 Å². The van der Waals surface area contributed by atoms with Crippen molar-refractivity contribution in [1.29, 1.82) is 0 Å². The zero-order valence-corrected chi connectivity index (χ0v) is 15.1. The van der Waals surface area contributed by atoms with E-state index in [4.69, 9.17) is 0 Å². The van der Waals surface area contributed by atoms with Crippen molar-refractivity contribution in [3.8, 4) is 0 Å². The number of amides is 2. The molecule has 0 saturated carbocycles. The number of aryl methyl sites for hydroxylation is 2. The second-order valence-electron chi connectivity index (χ2n) is 6.16. The highest BCUT2D eigenvalue weighted by Gasteiger charge is 2.34. The van der Waals surface area contributed by atoms with E-state index >= 15 is 0 Å². The Hall–Kier alpha value is -2.83. The van der Waals surface area contributed by atoms with Crippen LogP contribution in [0.4, 0.5) is 24.5 Å². The highest BCUT2D eigenvalue weighted by molar-refractivity contribution is 5.93. The van der Waals surface area contributed by atoms with E-state index in [1.807, 2.05) is 31.2 Å². The number of halogens is 3. The molecule has 0 aliphatic heterocycles. The zero-order chi connectivity index (χ0) is 20.0. The Morgan fingerprint density at radius 1 is 0.963 bits per heavy atom. The van der Waals surface area contributed by atoms with Gasteiger partial charge in [-0.3, -0.25) is 9.59 Å². The molecule has 0 bridgehead atoms. The molecule has 27 heavy (non-hydrogen) atoms. The molecule has 2 rings (SSSR count). The Labute approximate surface area is 155 Å². The number of nitrogens with one attached hydrogen (secondary N) is 2. The molecule has 4 nitrogen and oxygen atoms in total. The maximum Gasteiger partial charge on any atom is 0.418 e. The van der Waals surface area contributed by atoms with Crippen LogP contribution in [0.2, 0.25) is 0 Å². The van der Waals surface area contributed by atoms with Gasteiger partial charge in [0.2, 0.25) is 11.8 Å². The van der Waals surface area contributed by atoms with Crippen LogP contribution in [0.25, 0.3) is 0 Å². The summed E-state index contributed by atoms with van der Waals surface area (Å²) in [6.45, 7) is 3.24. The first-order valence-electron chi connectivity index (χ1n) is 8.55. The molecule has 0 saturated heterocycles. The lowest BCUT2D eigenvalue weighted by atomic mass is 10.1. The summed E-state index contributed by atoms with van der Waals surface area (Å²) in [6, 6.07) is 11.0. The maximum atomic E-state index is 13.3. The third-order valence-electron chi connectivity index (χ3n) is 3.99. The number of carbonyl (C=O) groups excluding carboxylic acids is 2. The minimum atomic E-state index is -4.66. The molecule has 0 heterocycles. The van der Waals surface area contributed by atoms with Crippen molar-refractivity contribution >= 4 is 23.2 Å². The van der Waals surface area contributed by atoms with Gasteiger partial charge < -0.3 is 10.6 Å².